The molecule has 0 aliphatic heterocycles. The number of hydrogen-bond acceptors (Lipinski definition) is 4. The molecule has 17 heavy (non-hydrogen) atoms. The van der Waals surface area contributed by atoms with E-state index in [0.717, 1.165) is 16.6 Å². The van der Waals surface area contributed by atoms with Crippen LogP contribution in [0, 0.1) is 0 Å². The lowest BCUT2D eigenvalue weighted by molar-refractivity contribution is 0.972. The van der Waals surface area contributed by atoms with Gasteiger partial charge in [0.15, 0.2) is 5.65 Å². The van der Waals surface area contributed by atoms with E-state index < -0.39 is 0 Å². The van der Waals surface area contributed by atoms with Crippen LogP contribution in [-0.2, 0) is 0 Å². The molecule has 0 radical (unpaired) electrons. The summed E-state index contributed by atoms with van der Waals surface area (Å²) in [5.41, 5.74) is 3.80. The third kappa shape index (κ3) is 1.13. The Morgan fingerprint density at radius 1 is 0.941 bits per heavy atom. The zero-order valence-corrected chi connectivity index (χ0v) is 8.78. The van der Waals surface area contributed by atoms with Crippen molar-refractivity contribution < 1.29 is 0 Å². The molecule has 0 saturated carbocycles. The lowest BCUT2D eigenvalue weighted by atomic mass is 10.3. The molecule has 0 bridgehead atoms. The zero-order chi connectivity index (χ0) is 11.2. The molecular weight excluding hydrogens is 214 g/mol. The molecule has 4 aromatic heterocycles. The van der Waals surface area contributed by atoms with Crippen molar-refractivity contribution in [2.24, 2.45) is 0 Å². The van der Waals surface area contributed by atoms with Crippen LogP contribution in [-0.4, -0.2) is 24.6 Å². The van der Waals surface area contributed by atoms with Crippen molar-refractivity contribution in [3.8, 4) is 0 Å². The lowest BCUT2D eigenvalue weighted by Gasteiger charge is -1.93. The smallest absolute Gasteiger partial charge is 0.201 e. The molecule has 4 heterocycles. The number of nitrogens with zero attached hydrogens (tertiary/aromatic N) is 5. The Labute approximate surface area is 95.8 Å². The second-order valence-electron chi connectivity index (χ2n) is 3.77. The van der Waals surface area contributed by atoms with Crippen molar-refractivity contribution in [1.29, 1.82) is 0 Å². The summed E-state index contributed by atoms with van der Waals surface area (Å²) < 4.78 is 1.78. The summed E-state index contributed by atoms with van der Waals surface area (Å²) in [6, 6.07) is 9.59. The fourth-order valence-electron chi connectivity index (χ4n) is 1.94. The predicted octanol–water partition coefficient (Wildman–Crippen LogP) is 1.83. The fourth-order valence-corrected chi connectivity index (χ4v) is 1.94. The van der Waals surface area contributed by atoms with Crippen molar-refractivity contribution in [2.75, 3.05) is 0 Å². The highest BCUT2D eigenvalue weighted by Gasteiger charge is 2.08. The fraction of sp³-hybridized carbons (Fsp3) is 0. The van der Waals surface area contributed by atoms with Crippen molar-refractivity contribution in [2.45, 2.75) is 0 Å². The Morgan fingerprint density at radius 3 is 2.94 bits per heavy atom. The molecule has 0 aliphatic carbocycles. The van der Waals surface area contributed by atoms with E-state index in [1.54, 1.807) is 10.7 Å². The van der Waals surface area contributed by atoms with Gasteiger partial charge in [0.2, 0.25) is 5.65 Å². The van der Waals surface area contributed by atoms with Crippen LogP contribution in [0.5, 0.6) is 0 Å². The second kappa shape index (κ2) is 2.98. The summed E-state index contributed by atoms with van der Waals surface area (Å²) in [4.78, 5) is 13.2. The summed E-state index contributed by atoms with van der Waals surface area (Å²) in [6.45, 7) is 0. The molecule has 0 aromatic carbocycles. The summed E-state index contributed by atoms with van der Waals surface area (Å²) in [7, 11) is 0. The van der Waals surface area contributed by atoms with Gasteiger partial charge in [-0.25, -0.2) is 19.5 Å². The van der Waals surface area contributed by atoms with Crippen LogP contribution in [0.2, 0.25) is 0 Å². The average Bonchev–Trinajstić information content (AvgIpc) is 2.73. The Hall–Kier alpha value is -2.56. The highest BCUT2D eigenvalue weighted by Crippen LogP contribution is 2.17. The minimum atomic E-state index is 0.650. The molecule has 0 aliphatic rings. The molecular formula is C12H7N5. The van der Waals surface area contributed by atoms with Gasteiger partial charge in [0, 0.05) is 12.4 Å². The molecule has 0 saturated heterocycles. The Kier molecular flexibility index (Phi) is 1.50. The van der Waals surface area contributed by atoms with Gasteiger partial charge in [-0.1, -0.05) is 6.07 Å². The van der Waals surface area contributed by atoms with Crippen molar-refractivity contribution in [1.82, 2.24) is 24.6 Å². The van der Waals surface area contributed by atoms with E-state index >= 15 is 0 Å². The van der Waals surface area contributed by atoms with Crippen LogP contribution < -0.4 is 0 Å². The van der Waals surface area contributed by atoms with Crippen LogP contribution in [0.1, 0.15) is 0 Å². The van der Waals surface area contributed by atoms with Crippen LogP contribution in [0.3, 0.4) is 0 Å². The maximum atomic E-state index is 4.51. The molecule has 80 valence electrons. The molecule has 4 rings (SSSR count). The predicted molar refractivity (Wildman–Crippen MR) is 63.6 cm³/mol. The van der Waals surface area contributed by atoms with E-state index in [1.165, 1.54) is 0 Å². The Balaban J connectivity index is 2.28. The monoisotopic (exact) mass is 221 g/mol. The van der Waals surface area contributed by atoms with Gasteiger partial charge in [0.25, 0.3) is 0 Å². The summed E-state index contributed by atoms with van der Waals surface area (Å²) in [5.74, 6) is 0. The Morgan fingerprint density at radius 2 is 1.94 bits per heavy atom. The van der Waals surface area contributed by atoms with E-state index in [9.17, 15) is 0 Å². The molecule has 0 amide bonds. The van der Waals surface area contributed by atoms with E-state index in [0.29, 0.717) is 11.3 Å². The van der Waals surface area contributed by atoms with Gasteiger partial charge in [-0.05, 0) is 24.3 Å². The van der Waals surface area contributed by atoms with Gasteiger partial charge in [0.05, 0.1) is 5.52 Å². The number of rotatable bonds is 0. The van der Waals surface area contributed by atoms with Crippen LogP contribution >= 0.6 is 0 Å². The number of pyridine rings is 2. The van der Waals surface area contributed by atoms with Crippen LogP contribution in [0.25, 0.3) is 27.8 Å². The third-order valence-corrected chi connectivity index (χ3v) is 2.71. The zero-order valence-electron chi connectivity index (χ0n) is 8.78. The normalized spacial score (nSPS) is 11.5. The highest BCUT2D eigenvalue weighted by atomic mass is 15.2. The van der Waals surface area contributed by atoms with Gasteiger partial charge in [-0.2, -0.15) is 0 Å². The Bertz CT molecular complexity index is 843. The number of aromatic nitrogens is 5. The lowest BCUT2D eigenvalue weighted by Crippen LogP contribution is -1.87. The molecule has 0 unspecified atom stereocenters. The van der Waals surface area contributed by atoms with Crippen molar-refractivity contribution in [3.05, 3.63) is 42.7 Å². The molecule has 0 spiro atoms. The quantitative estimate of drug-likeness (QED) is 0.454. The highest BCUT2D eigenvalue weighted by molar-refractivity contribution is 5.92. The third-order valence-electron chi connectivity index (χ3n) is 2.71. The minimum absolute atomic E-state index is 0.650. The van der Waals surface area contributed by atoms with E-state index in [1.807, 2.05) is 36.5 Å². The average molecular weight is 221 g/mol. The van der Waals surface area contributed by atoms with Gasteiger partial charge in [-0.3, -0.25) is 0 Å². The van der Waals surface area contributed by atoms with E-state index in [4.69, 9.17) is 0 Å². The van der Waals surface area contributed by atoms with Gasteiger partial charge >= 0.3 is 0 Å². The summed E-state index contributed by atoms with van der Waals surface area (Å²) >= 11 is 0. The summed E-state index contributed by atoms with van der Waals surface area (Å²) in [5, 5.41) is 4.38. The van der Waals surface area contributed by atoms with Gasteiger partial charge in [0.1, 0.15) is 11.0 Å². The first-order chi connectivity index (χ1) is 8.42. The molecule has 5 heteroatoms. The largest absolute Gasteiger partial charge is 0.237 e. The van der Waals surface area contributed by atoms with Crippen molar-refractivity contribution in [3.63, 3.8) is 0 Å². The van der Waals surface area contributed by atoms with E-state index in [-0.39, 0.29) is 0 Å². The number of fused-ring (bicyclic) bond motifs is 4. The topological polar surface area (TPSA) is 56.0 Å². The van der Waals surface area contributed by atoms with E-state index in [2.05, 4.69) is 20.1 Å². The molecule has 0 fully saturated rings. The molecule has 0 N–H and O–H groups in total. The first-order valence-corrected chi connectivity index (χ1v) is 5.28. The van der Waals surface area contributed by atoms with Crippen LogP contribution in [0.4, 0.5) is 0 Å². The van der Waals surface area contributed by atoms with Crippen LogP contribution in [0.15, 0.2) is 42.7 Å². The number of hydrogen-bond donors (Lipinski definition) is 0. The first-order valence-electron chi connectivity index (χ1n) is 5.28. The molecule has 5 nitrogen and oxygen atoms in total. The van der Waals surface area contributed by atoms with Gasteiger partial charge < -0.3 is 0 Å². The van der Waals surface area contributed by atoms with Gasteiger partial charge in [-0.15, -0.1) is 5.10 Å². The standard InChI is InChI=1S/C12H7N5/c1-2-7-17-9(5-1)10-12(16-17)14-8-4-3-6-13-11(8)15-10/h1-7H. The van der Waals surface area contributed by atoms with Crippen molar-refractivity contribution >= 4 is 27.8 Å². The molecule has 0 atom stereocenters. The first kappa shape index (κ1) is 8.58. The SMILES string of the molecule is c1cnc2nc3c(nc2c1)nn1ccccc31. The maximum absolute atomic E-state index is 4.51. The summed E-state index contributed by atoms with van der Waals surface area (Å²) in [6.07, 6.45) is 3.60. The minimum Gasteiger partial charge on any atom is -0.237 e. The molecule has 4 aromatic rings. The maximum Gasteiger partial charge on any atom is 0.201 e. The second-order valence-corrected chi connectivity index (χ2v) is 3.77.